The lowest BCUT2D eigenvalue weighted by atomic mass is 10.0. The monoisotopic (exact) mass is 351 g/mol. The van der Waals surface area contributed by atoms with Gasteiger partial charge in [-0.15, -0.1) is 0 Å². The Labute approximate surface area is 150 Å². The summed E-state index contributed by atoms with van der Waals surface area (Å²) in [7, 11) is 0. The summed E-state index contributed by atoms with van der Waals surface area (Å²) in [6.45, 7) is 0.0887. The van der Waals surface area contributed by atoms with Gasteiger partial charge in [0.25, 0.3) is 0 Å². The molecule has 26 heavy (non-hydrogen) atoms. The molecule has 0 amide bonds. The van der Waals surface area contributed by atoms with Crippen molar-refractivity contribution < 1.29 is 19.0 Å². The van der Waals surface area contributed by atoms with E-state index in [1.807, 2.05) is 24.3 Å². The molecule has 1 heterocycles. The maximum Gasteiger partial charge on any atom is 0.303 e. The molecule has 1 N–H and O–H groups in total. The van der Waals surface area contributed by atoms with Crippen molar-refractivity contribution in [1.82, 2.24) is 4.98 Å². The topological polar surface area (TPSA) is 59.4 Å². The van der Waals surface area contributed by atoms with Gasteiger partial charge in [-0.3, -0.25) is 9.78 Å². The zero-order chi connectivity index (χ0) is 18.4. The highest BCUT2D eigenvalue weighted by Gasteiger charge is 2.11. The Balaban J connectivity index is 1.73. The van der Waals surface area contributed by atoms with E-state index in [1.165, 1.54) is 6.07 Å². The Hall–Kier alpha value is -3.21. The lowest BCUT2D eigenvalue weighted by Gasteiger charge is -2.12. The summed E-state index contributed by atoms with van der Waals surface area (Å²) >= 11 is 0. The van der Waals surface area contributed by atoms with E-state index in [2.05, 4.69) is 4.98 Å². The second-order valence-corrected chi connectivity index (χ2v) is 5.83. The van der Waals surface area contributed by atoms with Crippen LogP contribution >= 0.6 is 0 Å². The second kappa shape index (κ2) is 8.25. The van der Waals surface area contributed by atoms with Crippen molar-refractivity contribution in [2.24, 2.45) is 0 Å². The molecule has 3 aromatic rings. The molecule has 0 aliphatic heterocycles. The van der Waals surface area contributed by atoms with Crippen LogP contribution in [0.1, 0.15) is 17.5 Å². The van der Waals surface area contributed by atoms with Gasteiger partial charge in [-0.1, -0.05) is 30.3 Å². The van der Waals surface area contributed by atoms with E-state index < -0.39 is 5.97 Å². The van der Waals surface area contributed by atoms with Crippen molar-refractivity contribution in [1.29, 1.82) is 0 Å². The van der Waals surface area contributed by atoms with Crippen molar-refractivity contribution in [2.75, 3.05) is 0 Å². The highest BCUT2D eigenvalue weighted by molar-refractivity contribution is 5.67. The quantitative estimate of drug-likeness (QED) is 0.682. The smallest absolute Gasteiger partial charge is 0.303 e. The minimum atomic E-state index is -0.826. The number of aliphatic carboxylic acids is 1. The highest BCUT2D eigenvalue weighted by Crippen LogP contribution is 2.26. The van der Waals surface area contributed by atoms with Crippen LogP contribution in [0.2, 0.25) is 0 Å². The number of aromatic nitrogens is 1. The Morgan fingerprint density at radius 1 is 1.08 bits per heavy atom. The number of nitrogens with zero attached hydrogens (tertiary/aromatic N) is 1. The third kappa shape index (κ3) is 4.45. The van der Waals surface area contributed by atoms with Crippen molar-refractivity contribution in [3.05, 3.63) is 83.9 Å². The SMILES string of the molecule is O=C(O)CCc1ccc(OCc2c(F)cccc2-c2cccnc2)cc1. The molecular formula is C21H18FNO3. The molecule has 0 saturated carbocycles. The van der Waals surface area contributed by atoms with Crippen LogP contribution in [0.5, 0.6) is 5.75 Å². The summed E-state index contributed by atoms with van der Waals surface area (Å²) in [6.07, 6.45) is 3.92. The number of pyridine rings is 1. The fraction of sp³-hybridized carbons (Fsp3) is 0.143. The molecule has 0 aliphatic rings. The van der Waals surface area contributed by atoms with E-state index in [-0.39, 0.29) is 18.8 Å². The lowest BCUT2D eigenvalue weighted by Crippen LogP contribution is -2.02. The number of aryl methyl sites for hydroxylation is 1. The molecule has 0 radical (unpaired) electrons. The first kappa shape index (κ1) is 17.6. The van der Waals surface area contributed by atoms with Gasteiger partial charge in [-0.05, 0) is 41.8 Å². The van der Waals surface area contributed by atoms with Crippen molar-refractivity contribution in [2.45, 2.75) is 19.4 Å². The summed E-state index contributed by atoms with van der Waals surface area (Å²) in [5.41, 5.74) is 2.96. The number of rotatable bonds is 7. The summed E-state index contributed by atoms with van der Waals surface area (Å²) in [4.78, 5) is 14.7. The van der Waals surface area contributed by atoms with Crippen LogP contribution in [0.4, 0.5) is 4.39 Å². The van der Waals surface area contributed by atoms with E-state index in [4.69, 9.17) is 9.84 Å². The molecular weight excluding hydrogens is 333 g/mol. The number of halogens is 1. The van der Waals surface area contributed by atoms with Gasteiger partial charge in [0.05, 0.1) is 0 Å². The Kier molecular flexibility index (Phi) is 5.59. The summed E-state index contributed by atoms with van der Waals surface area (Å²) in [6, 6.07) is 15.8. The van der Waals surface area contributed by atoms with Gasteiger partial charge in [0.15, 0.2) is 0 Å². The van der Waals surface area contributed by atoms with Crippen LogP contribution in [0.3, 0.4) is 0 Å². The van der Waals surface area contributed by atoms with Crippen LogP contribution in [0.25, 0.3) is 11.1 Å². The molecule has 4 nitrogen and oxygen atoms in total. The predicted molar refractivity (Wildman–Crippen MR) is 96.4 cm³/mol. The zero-order valence-electron chi connectivity index (χ0n) is 14.1. The van der Waals surface area contributed by atoms with Crippen LogP contribution < -0.4 is 4.74 Å². The minimum Gasteiger partial charge on any atom is -0.489 e. The minimum absolute atomic E-state index is 0.0872. The van der Waals surface area contributed by atoms with Crippen LogP contribution in [0.15, 0.2) is 67.0 Å². The first-order chi connectivity index (χ1) is 12.6. The Morgan fingerprint density at radius 3 is 2.58 bits per heavy atom. The largest absolute Gasteiger partial charge is 0.489 e. The molecule has 0 unspecified atom stereocenters. The predicted octanol–water partition coefficient (Wildman–Crippen LogP) is 4.48. The number of ether oxygens (including phenoxy) is 1. The van der Waals surface area contributed by atoms with E-state index in [0.29, 0.717) is 17.7 Å². The average molecular weight is 351 g/mol. The van der Waals surface area contributed by atoms with Crippen molar-refractivity contribution in [3.8, 4) is 16.9 Å². The van der Waals surface area contributed by atoms with E-state index in [0.717, 1.165) is 16.7 Å². The van der Waals surface area contributed by atoms with Crippen molar-refractivity contribution >= 4 is 5.97 Å². The molecule has 1 aromatic heterocycles. The Morgan fingerprint density at radius 2 is 1.88 bits per heavy atom. The highest BCUT2D eigenvalue weighted by atomic mass is 19.1. The fourth-order valence-corrected chi connectivity index (χ4v) is 2.66. The van der Waals surface area contributed by atoms with Crippen molar-refractivity contribution in [3.63, 3.8) is 0 Å². The summed E-state index contributed by atoms with van der Waals surface area (Å²) in [5.74, 6) is -0.554. The van der Waals surface area contributed by atoms with Crippen LogP contribution in [-0.4, -0.2) is 16.1 Å². The molecule has 5 heteroatoms. The molecule has 3 rings (SSSR count). The number of hydrogen-bond acceptors (Lipinski definition) is 3. The number of benzene rings is 2. The van der Waals surface area contributed by atoms with E-state index in [9.17, 15) is 9.18 Å². The maximum atomic E-state index is 14.3. The first-order valence-electron chi connectivity index (χ1n) is 8.25. The third-order valence-electron chi connectivity index (χ3n) is 4.03. The standard InChI is InChI=1S/C21H18FNO3/c22-20-5-1-4-18(16-3-2-12-23-13-16)19(20)14-26-17-9-6-15(7-10-17)8-11-21(24)25/h1-7,9-10,12-13H,8,11,14H2,(H,24,25). The fourth-order valence-electron chi connectivity index (χ4n) is 2.66. The molecule has 2 aromatic carbocycles. The summed E-state index contributed by atoms with van der Waals surface area (Å²) < 4.78 is 20.1. The van der Waals surface area contributed by atoms with Gasteiger partial charge >= 0.3 is 5.97 Å². The number of carbonyl (C=O) groups is 1. The maximum absolute atomic E-state index is 14.3. The Bertz CT molecular complexity index is 880. The van der Waals surface area contributed by atoms with Crippen LogP contribution in [0, 0.1) is 5.82 Å². The zero-order valence-corrected chi connectivity index (χ0v) is 14.1. The van der Waals surface area contributed by atoms with Gasteiger partial charge in [0.2, 0.25) is 0 Å². The van der Waals surface area contributed by atoms with Gasteiger partial charge in [-0.25, -0.2) is 4.39 Å². The van der Waals surface area contributed by atoms with Gasteiger partial charge < -0.3 is 9.84 Å². The summed E-state index contributed by atoms with van der Waals surface area (Å²) in [5, 5.41) is 8.72. The average Bonchev–Trinajstić information content (AvgIpc) is 2.67. The van der Waals surface area contributed by atoms with E-state index in [1.54, 1.807) is 36.7 Å². The molecule has 0 atom stereocenters. The van der Waals surface area contributed by atoms with Gasteiger partial charge in [0.1, 0.15) is 18.2 Å². The normalized spacial score (nSPS) is 10.5. The molecule has 0 bridgehead atoms. The molecule has 0 fully saturated rings. The van der Waals surface area contributed by atoms with Gasteiger partial charge in [0, 0.05) is 29.9 Å². The first-order valence-corrected chi connectivity index (χ1v) is 8.25. The third-order valence-corrected chi connectivity index (χ3v) is 4.03. The number of carboxylic acids is 1. The molecule has 0 spiro atoms. The number of hydrogen-bond donors (Lipinski definition) is 1. The molecule has 0 saturated heterocycles. The number of carboxylic acid groups (broad SMARTS) is 1. The molecule has 0 aliphatic carbocycles. The second-order valence-electron chi connectivity index (χ2n) is 5.83. The molecule has 132 valence electrons. The lowest BCUT2D eigenvalue weighted by molar-refractivity contribution is -0.136. The van der Waals surface area contributed by atoms with E-state index >= 15 is 0 Å². The van der Waals surface area contributed by atoms with Gasteiger partial charge in [-0.2, -0.15) is 0 Å². The van der Waals surface area contributed by atoms with Crippen LogP contribution in [-0.2, 0) is 17.8 Å².